The van der Waals surface area contributed by atoms with Crippen LogP contribution in [0.5, 0.6) is 0 Å². The normalized spacial score (nSPS) is 16.0. The Morgan fingerprint density at radius 2 is 1.60 bits per heavy atom. The highest BCUT2D eigenvalue weighted by Gasteiger charge is 2.20. The molecule has 0 heterocycles. The van der Waals surface area contributed by atoms with Gasteiger partial charge < -0.3 is 5.73 Å². The molecule has 0 rings (SSSR count). The van der Waals surface area contributed by atoms with Crippen molar-refractivity contribution in [1.29, 1.82) is 0 Å². The van der Waals surface area contributed by atoms with E-state index >= 15 is 0 Å². The van der Waals surface area contributed by atoms with Crippen LogP contribution in [0.1, 0.15) is 20.8 Å². The molecule has 0 aromatic carbocycles. The van der Waals surface area contributed by atoms with Gasteiger partial charge in [0, 0.05) is 5.92 Å². The summed E-state index contributed by atoms with van der Waals surface area (Å²) in [5.41, 5.74) is 5.39. The Balaban J connectivity index is 4.07. The highest BCUT2D eigenvalue weighted by molar-refractivity contribution is 5.89. The van der Waals surface area contributed by atoms with E-state index < -0.39 is 6.04 Å². The van der Waals surface area contributed by atoms with Crippen LogP contribution in [-0.4, -0.2) is 17.6 Å². The number of carbonyl (C=O) groups excluding carboxylic acids is 2. The van der Waals surface area contributed by atoms with Gasteiger partial charge in [-0.2, -0.15) is 0 Å². The fourth-order valence-electron chi connectivity index (χ4n) is 0.605. The van der Waals surface area contributed by atoms with E-state index in [1.165, 1.54) is 13.8 Å². The summed E-state index contributed by atoms with van der Waals surface area (Å²) in [6, 6.07) is -0.627. The van der Waals surface area contributed by atoms with Gasteiger partial charge in [-0.3, -0.25) is 9.59 Å². The smallest absolute Gasteiger partial charge is 0.147 e. The number of carbonyl (C=O) groups is 2. The minimum atomic E-state index is -0.627. The monoisotopic (exact) mass is 143 g/mol. The van der Waals surface area contributed by atoms with Crippen LogP contribution < -0.4 is 5.73 Å². The summed E-state index contributed by atoms with van der Waals surface area (Å²) in [6.45, 7) is 4.49. The first-order valence-electron chi connectivity index (χ1n) is 3.23. The molecule has 0 amide bonds. The fourth-order valence-corrected chi connectivity index (χ4v) is 0.605. The molecule has 0 aliphatic rings. The highest BCUT2D eigenvalue weighted by Crippen LogP contribution is 2.01. The molecule has 2 N–H and O–H groups in total. The summed E-state index contributed by atoms with van der Waals surface area (Å²) >= 11 is 0. The highest BCUT2D eigenvalue weighted by atomic mass is 16.1. The standard InChI is InChI=1S/C7H13NO2/c1-4(5(2)9)7(8)6(3)10/h4,7H,8H2,1-3H3. The zero-order valence-corrected chi connectivity index (χ0v) is 6.55. The SMILES string of the molecule is CC(=O)C(C)C(N)C(C)=O. The molecule has 10 heavy (non-hydrogen) atoms. The molecule has 0 radical (unpaired) electrons. The lowest BCUT2D eigenvalue weighted by Crippen LogP contribution is -2.38. The third kappa shape index (κ3) is 2.27. The van der Waals surface area contributed by atoms with E-state index in [1.54, 1.807) is 6.92 Å². The van der Waals surface area contributed by atoms with E-state index in [0.717, 1.165) is 0 Å². The second-order valence-corrected chi connectivity index (χ2v) is 2.54. The quantitative estimate of drug-likeness (QED) is 0.610. The number of Topliss-reactive ketones (excluding diaryl/α,β-unsaturated/α-hetero) is 2. The lowest BCUT2D eigenvalue weighted by atomic mass is 9.96. The van der Waals surface area contributed by atoms with E-state index in [4.69, 9.17) is 5.73 Å². The molecule has 0 aliphatic carbocycles. The van der Waals surface area contributed by atoms with Crippen molar-refractivity contribution in [3.05, 3.63) is 0 Å². The Morgan fingerprint density at radius 3 is 1.70 bits per heavy atom. The van der Waals surface area contributed by atoms with Crippen LogP contribution in [0.4, 0.5) is 0 Å². The maximum absolute atomic E-state index is 10.7. The first-order chi connectivity index (χ1) is 4.46. The van der Waals surface area contributed by atoms with Crippen LogP contribution in [0.2, 0.25) is 0 Å². The Bertz CT molecular complexity index is 136. The minimum Gasteiger partial charge on any atom is -0.321 e. The molecule has 3 nitrogen and oxygen atoms in total. The third-order valence-corrected chi connectivity index (χ3v) is 1.65. The molecule has 0 bridgehead atoms. The fraction of sp³-hybridized carbons (Fsp3) is 0.714. The summed E-state index contributed by atoms with van der Waals surface area (Å²) in [4.78, 5) is 21.3. The zero-order valence-electron chi connectivity index (χ0n) is 6.55. The van der Waals surface area contributed by atoms with E-state index in [2.05, 4.69) is 0 Å². The minimum absolute atomic E-state index is 0.0392. The second kappa shape index (κ2) is 3.46. The van der Waals surface area contributed by atoms with Crippen molar-refractivity contribution in [2.75, 3.05) is 0 Å². The van der Waals surface area contributed by atoms with Gasteiger partial charge in [0.05, 0.1) is 6.04 Å². The van der Waals surface area contributed by atoms with Crippen LogP contribution in [0.25, 0.3) is 0 Å². The topological polar surface area (TPSA) is 60.2 Å². The van der Waals surface area contributed by atoms with Gasteiger partial charge in [0.1, 0.15) is 11.6 Å². The zero-order chi connectivity index (χ0) is 8.31. The average molecular weight is 143 g/mol. The molecule has 0 saturated carbocycles. The van der Waals surface area contributed by atoms with Crippen LogP contribution in [0, 0.1) is 5.92 Å². The van der Waals surface area contributed by atoms with Crippen LogP contribution in [-0.2, 0) is 9.59 Å². The summed E-state index contributed by atoms with van der Waals surface area (Å²) in [7, 11) is 0. The molecule has 58 valence electrons. The predicted octanol–water partition coefficient (Wildman–Crippen LogP) is 0.128. The van der Waals surface area contributed by atoms with E-state index in [-0.39, 0.29) is 17.5 Å². The largest absolute Gasteiger partial charge is 0.321 e. The van der Waals surface area contributed by atoms with E-state index in [0.29, 0.717) is 0 Å². The molecular weight excluding hydrogens is 130 g/mol. The molecule has 2 atom stereocenters. The summed E-state index contributed by atoms with van der Waals surface area (Å²) in [6.07, 6.45) is 0. The van der Waals surface area contributed by atoms with E-state index in [9.17, 15) is 9.59 Å². The van der Waals surface area contributed by atoms with E-state index in [1.807, 2.05) is 0 Å². The van der Waals surface area contributed by atoms with Crippen LogP contribution in [0.15, 0.2) is 0 Å². The molecule has 0 saturated heterocycles. The van der Waals surface area contributed by atoms with Crippen molar-refractivity contribution in [2.24, 2.45) is 11.7 Å². The van der Waals surface area contributed by atoms with Gasteiger partial charge in [-0.05, 0) is 13.8 Å². The first kappa shape index (κ1) is 9.30. The average Bonchev–Trinajstić information content (AvgIpc) is 1.84. The number of rotatable bonds is 3. The lowest BCUT2D eigenvalue weighted by Gasteiger charge is -2.12. The molecule has 0 aromatic rings. The van der Waals surface area contributed by atoms with Crippen molar-refractivity contribution in [3.8, 4) is 0 Å². The molecule has 2 unspecified atom stereocenters. The van der Waals surface area contributed by atoms with Gasteiger partial charge in [0.25, 0.3) is 0 Å². The van der Waals surface area contributed by atoms with Gasteiger partial charge >= 0.3 is 0 Å². The van der Waals surface area contributed by atoms with Crippen LogP contribution >= 0.6 is 0 Å². The number of hydrogen-bond acceptors (Lipinski definition) is 3. The maximum Gasteiger partial charge on any atom is 0.147 e. The van der Waals surface area contributed by atoms with Crippen LogP contribution in [0.3, 0.4) is 0 Å². The van der Waals surface area contributed by atoms with Crippen molar-refractivity contribution in [2.45, 2.75) is 26.8 Å². The van der Waals surface area contributed by atoms with Gasteiger partial charge in [-0.15, -0.1) is 0 Å². The molecule has 0 aromatic heterocycles. The van der Waals surface area contributed by atoms with Crippen molar-refractivity contribution < 1.29 is 9.59 Å². The summed E-state index contributed by atoms with van der Waals surface area (Å²) in [5, 5.41) is 0. The number of nitrogens with two attached hydrogens (primary N) is 1. The van der Waals surface area contributed by atoms with Gasteiger partial charge in [-0.1, -0.05) is 6.92 Å². The molecule has 0 spiro atoms. The Hall–Kier alpha value is -0.700. The predicted molar refractivity (Wildman–Crippen MR) is 38.5 cm³/mol. The third-order valence-electron chi connectivity index (χ3n) is 1.65. The number of hydrogen-bond donors (Lipinski definition) is 1. The lowest BCUT2D eigenvalue weighted by molar-refractivity contribution is -0.126. The van der Waals surface area contributed by atoms with Gasteiger partial charge in [0.15, 0.2) is 0 Å². The Morgan fingerprint density at radius 1 is 1.20 bits per heavy atom. The molecule has 3 heteroatoms. The maximum atomic E-state index is 10.7. The number of ketones is 2. The van der Waals surface area contributed by atoms with Crippen molar-refractivity contribution in [1.82, 2.24) is 0 Å². The van der Waals surface area contributed by atoms with Crippen molar-refractivity contribution in [3.63, 3.8) is 0 Å². The second-order valence-electron chi connectivity index (χ2n) is 2.54. The van der Waals surface area contributed by atoms with Gasteiger partial charge in [0.2, 0.25) is 0 Å². The van der Waals surface area contributed by atoms with Crippen molar-refractivity contribution >= 4 is 11.6 Å². The molecule has 0 fully saturated rings. The Labute approximate surface area is 60.6 Å². The first-order valence-corrected chi connectivity index (χ1v) is 3.23. The summed E-state index contributed by atoms with van der Waals surface area (Å²) < 4.78 is 0. The summed E-state index contributed by atoms with van der Waals surface area (Å²) in [5.74, 6) is -0.525. The molecular formula is C7H13NO2. The Kier molecular flexibility index (Phi) is 3.22. The molecule has 0 aliphatic heterocycles. The van der Waals surface area contributed by atoms with Gasteiger partial charge in [-0.25, -0.2) is 0 Å².